The molecule has 0 saturated heterocycles. The molecule has 0 bridgehead atoms. The number of rotatable bonds is 5. The molecule has 0 aliphatic heterocycles. The van der Waals surface area contributed by atoms with E-state index in [9.17, 15) is 5.11 Å². The van der Waals surface area contributed by atoms with Crippen LogP contribution in [0.2, 0.25) is 0 Å². The number of phenolic OH excluding ortho intramolecular Hbond substituents is 1. The molecule has 0 aliphatic rings. The van der Waals surface area contributed by atoms with Gasteiger partial charge in [0, 0.05) is 10.5 Å². The molecule has 0 amide bonds. The first-order valence-corrected chi connectivity index (χ1v) is 8.17. The van der Waals surface area contributed by atoms with Gasteiger partial charge in [-0.1, -0.05) is 46.3 Å². The number of nitrogens with zero attached hydrogens (tertiary/aromatic N) is 2. The van der Waals surface area contributed by atoms with Crippen LogP contribution < -0.4 is 4.74 Å². The van der Waals surface area contributed by atoms with Gasteiger partial charge in [0.25, 0.3) is 0 Å². The van der Waals surface area contributed by atoms with Crippen molar-refractivity contribution < 1.29 is 9.84 Å². The first kappa shape index (κ1) is 16.2. The molecule has 0 atom stereocenters. The van der Waals surface area contributed by atoms with Crippen molar-refractivity contribution in [2.75, 3.05) is 0 Å². The molecule has 0 fully saturated rings. The lowest BCUT2D eigenvalue weighted by atomic mass is 10.2. The van der Waals surface area contributed by atoms with Crippen LogP contribution in [0, 0.1) is 0 Å². The lowest BCUT2D eigenvalue weighted by Gasteiger charge is -2.07. The monoisotopic (exact) mass is 382 g/mol. The van der Waals surface area contributed by atoms with Crippen LogP contribution in [0.4, 0.5) is 11.4 Å². The van der Waals surface area contributed by atoms with Crippen molar-refractivity contribution in [1.29, 1.82) is 0 Å². The number of halogens is 1. The minimum atomic E-state index is 0.0583. The predicted octanol–water partition coefficient (Wildman–Crippen LogP) is 6.15. The third-order valence-corrected chi connectivity index (χ3v) is 3.82. The maximum atomic E-state index is 9.93. The number of hydrogen-bond acceptors (Lipinski definition) is 4. The average Bonchev–Trinajstić information content (AvgIpc) is 2.62. The van der Waals surface area contributed by atoms with E-state index in [-0.39, 0.29) is 5.75 Å². The highest BCUT2D eigenvalue weighted by Gasteiger charge is 2.04. The Labute approximate surface area is 148 Å². The molecule has 3 aromatic carbocycles. The third-order valence-electron chi connectivity index (χ3n) is 3.30. The van der Waals surface area contributed by atoms with Gasteiger partial charge in [-0.3, -0.25) is 0 Å². The zero-order valence-corrected chi connectivity index (χ0v) is 14.3. The van der Waals surface area contributed by atoms with Gasteiger partial charge in [-0.05, 0) is 42.0 Å². The van der Waals surface area contributed by atoms with E-state index in [2.05, 4.69) is 26.2 Å². The van der Waals surface area contributed by atoms with Crippen LogP contribution in [-0.2, 0) is 6.61 Å². The summed E-state index contributed by atoms with van der Waals surface area (Å²) in [4.78, 5) is 0. The Bertz CT molecular complexity index is 834. The number of ether oxygens (including phenoxy) is 1. The molecule has 0 radical (unpaired) electrons. The van der Waals surface area contributed by atoms with Crippen LogP contribution in [0.3, 0.4) is 0 Å². The molecular weight excluding hydrogens is 368 g/mol. The van der Waals surface area contributed by atoms with Crippen molar-refractivity contribution in [3.05, 3.63) is 82.8 Å². The summed E-state index contributed by atoms with van der Waals surface area (Å²) in [5, 5.41) is 18.2. The molecule has 3 rings (SSSR count). The zero-order valence-electron chi connectivity index (χ0n) is 12.8. The van der Waals surface area contributed by atoms with Crippen molar-refractivity contribution in [3.8, 4) is 11.5 Å². The molecule has 0 aromatic heterocycles. The quantitative estimate of drug-likeness (QED) is 0.538. The van der Waals surface area contributed by atoms with Gasteiger partial charge in [0.05, 0.1) is 5.69 Å². The third kappa shape index (κ3) is 4.43. The van der Waals surface area contributed by atoms with Crippen molar-refractivity contribution in [3.63, 3.8) is 0 Å². The Morgan fingerprint density at radius 3 is 2.38 bits per heavy atom. The SMILES string of the molecule is Oc1ccc(OCc2ccccc2)cc1N=Nc1ccc(Br)cc1. The summed E-state index contributed by atoms with van der Waals surface area (Å²) in [5.41, 5.74) is 2.14. The molecule has 4 nitrogen and oxygen atoms in total. The lowest BCUT2D eigenvalue weighted by Crippen LogP contribution is -1.94. The standard InChI is InChI=1S/C19H15BrN2O2/c20-15-6-8-16(9-7-15)21-22-18-12-17(10-11-19(18)23)24-13-14-4-2-1-3-5-14/h1-12,23H,13H2. The maximum Gasteiger partial charge on any atom is 0.143 e. The second kappa shape index (κ2) is 7.75. The molecule has 0 spiro atoms. The van der Waals surface area contributed by atoms with E-state index >= 15 is 0 Å². The summed E-state index contributed by atoms with van der Waals surface area (Å²) in [7, 11) is 0. The Balaban J connectivity index is 1.72. The van der Waals surface area contributed by atoms with E-state index in [1.165, 1.54) is 0 Å². The molecule has 24 heavy (non-hydrogen) atoms. The number of phenols is 1. The van der Waals surface area contributed by atoms with Gasteiger partial charge < -0.3 is 9.84 Å². The number of hydrogen-bond donors (Lipinski definition) is 1. The van der Waals surface area contributed by atoms with Gasteiger partial charge in [-0.15, -0.1) is 5.11 Å². The summed E-state index contributed by atoms with van der Waals surface area (Å²) < 4.78 is 6.71. The topological polar surface area (TPSA) is 54.2 Å². The van der Waals surface area contributed by atoms with Crippen LogP contribution in [0.25, 0.3) is 0 Å². The van der Waals surface area contributed by atoms with Crippen LogP contribution in [0.5, 0.6) is 11.5 Å². The second-order valence-electron chi connectivity index (χ2n) is 5.10. The molecule has 0 unspecified atom stereocenters. The summed E-state index contributed by atoms with van der Waals surface area (Å²) >= 11 is 3.37. The van der Waals surface area contributed by atoms with Crippen molar-refractivity contribution in [1.82, 2.24) is 0 Å². The molecule has 0 saturated carbocycles. The summed E-state index contributed by atoms with van der Waals surface area (Å²) in [6.07, 6.45) is 0. The molecule has 1 N–H and O–H groups in total. The largest absolute Gasteiger partial charge is 0.506 e. The van der Waals surface area contributed by atoms with E-state index < -0.39 is 0 Å². The molecule has 3 aromatic rings. The van der Waals surface area contributed by atoms with Crippen LogP contribution in [0.15, 0.2) is 87.5 Å². The van der Waals surface area contributed by atoms with Gasteiger partial charge in [0.2, 0.25) is 0 Å². The van der Waals surface area contributed by atoms with Gasteiger partial charge in [0.15, 0.2) is 0 Å². The highest BCUT2D eigenvalue weighted by Crippen LogP contribution is 2.32. The number of azo groups is 1. The molecular formula is C19H15BrN2O2. The van der Waals surface area contributed by atoms with E-state index in [0.29, 0.717) is 23.7 Å². The lowest BCUT2D eigenvalue weighted by molar-refractivity contribution is 0.306. The van der Waals surface area contributed by atoms with E-state index in [1.807, 2.05) is 54.6 Å². The molecule has 5 heteroatoms. The van der Waals surface area contributed by atoms with Crippen LogP contribution in [0.1, 0.15) is 5.56 Å². The zero-order chi connectivity index (χ0) is 16.8. The first-order valence-electron chi connectivity index (χ1n) is 7.38. The van der Waals surface area contributed by atoms with Crippen molar-refractivity contribution in [2.24, 2.45) is 10.2 Å². The first-order chi connectivity index (χ1) is 11.7. The summed E-state index contributed by atoms with van der Waals surface area (Å²) in [5.74, 6) is 0.685. The van der Waals surface area contributed by atoms with Crippen molar-refractivity contribution >= 4 is 27.3 Å². The Kier molecular flexibility index (Phi) is 5.23. The number of benzene rings is 3. The van der Waals surface area contributed by atoms with Crippen LogP contribution in [-0.4, -0.2) is 5.11 Å². The molecule has 0 aliphatic carbocycles. The predicted molar refractivity (Wildman–Crippen MR) is 97.2 cm³/mol. The second-order valence-corrected chi connectivity index (χ2v) is 6.02. The van der Waals surface area contributed by atoms with E-state index in [0.717, 1.165) is 10.0 Å². The highest BCUT2D eigenvalue weighted by atomic mass is 79.9. The normalized spacial score (nSPS) is 10.9. The van der Waals surface area contributed by atoms with Crippen molar-refractivity contribution in [2.45, 2.75) is 6.61 Å². The fourth-order valence-corrected chi connectivity index (χ4v) is 2.30. The minimum absolute atomic E-state index is 0.0583. The Hall–Kier alpha value is -2.66. The molecule has 120 valence electrons. The summed E-state index contributed by atoms with van der Waals surface area (Å²) in [6.45, 7) is 0.453. The van der Waals surface area contributed by atoms with Gasteiger partial charge >= 0.3 is 0 Å². The summed E-state index contributed by atoms with van der Waals surface area (Å²) in [6, 6.07) is 22.2. The Morgan fingerprint density at radius 2 is 1.62 bits per heavy atom. The van der Waals surface area contributed by atoms with Gasteiger partial charge in [-0.25, -0.2) is 0 Å². The van der Waals surface area contributed by atoms with E-state index in [1.54, 1.807) is 18.2 Å². The fourth-order valence-electron chi connectivity index (χ4n) is 2.03. The molecule has 0 heterocycles. The van der Waals surface area contributed by atoms with Gasteiger partial charge in [0.1, 0.15) is 23.8 Å². The fraction of sp³-hybridized carbons (Fsp3) is 0.0526. The van der Waals surface area contributed by atoms with E-state index in [4.69, 9.17) is 4.74 Å². The average molecular weight is 383 g/mol. The maximum absolute atomic E-state index is 9.93. The number of aromatic hydroxyl groups is 1. The smallest absolute Gasteiger partial charge is 0.143 e. The van der Waals surface area contributed by atoms with Crippen LogP contribution >= 0.6 is 15.9 Å². The minimum Gasteiger partial charge on any atom is -0.506 e. The Morgan fingerprint density at radius 1 is 0.875 bits per heavy atom. The highest BCUT2D eigenvalue weighted by molar-refractivity contribution is 9.10. The van der Waals surface area contributed by atoms with Gasteiger partial charge in [-0.2, -0.15) is 5.11 Å².